The number of rotatable bonds is 8. The van der Waals surface area contributed by atoms with E-state index in [1.165, 1.54) is 12.8 Å². The van der Waals surface area contributed by atoms with Gasteiger partial charge in [-0.1, -0.05) is 26.7 Å². The molecular weight excluding hydrogens is 250 g/mol. The molecule has 4 nitrogen and oxygen atoms in total. The number of nitrogens with one attached hydrogen (secondary N) is 2. The summed E-state index contributed by atoms with van der Waals surface area (Å²) in [6.07, 6.45) is 7.54. The lowest BCUT2D eigenvalue weighted by atomic mass is 10.1. The fourth-order valence-corrected chi connectivity index (χ4v) is 2.25. The van der Waals surface area contributed by atoms with Crippen molar-refractivity contribution in [2.75, 3.05) is 11.9 Å². The highest BCUT2D eigenvalue weighted by atomic mass is 16.1. The number of anilines is 1. The minimum absolute atomic E-state index is 0.0560. The van der Waals surface area contributed by atoms with Crippen LogP contribution in [0.4, 0.5) is 5.69 Å². The van der Waals surface area contributed by atoms with Crippen molar-refractivity contribution in [1.82, 2.24) is 10.3 Å². The van der Waals surface area contributed by atoms with Gasteiger partial charge in [-0.25, -0.2) is 4.98 Å². The van der Waals surface area contributed by atoms with Crippen molar-refractivity contribution in [2.45, 2.75) is 52.0 Å². The van der Waals surface area contributed by atoms with E-state index in [2.05, 4.69) is 29.5 Å². The quantitative estimate of drug-likeness (QED) is 0.766. The van der Waals surface area contributed by atoms with E-state index in [1.54, 1.807) is 12.3 Å². The molecule has 1 fully saturated rings. The Balaban J connectivity index is 1.87. The standard InChI is InChI=1S/C16H25N3O/c1-3-9-17-14-7-8-15(18-11-14)16(20)19-13(4-2)10-12-5-6-12/h7-8,11-13,17H,3-6,9-10H2,1-2H3,(H,19,20). The summed E-state index contributed by atoms with van der Waals surface area (Å²) in [6, 6.07) is 3.99. The number of pyridine rings is 1. The van der Waals surface area contributed by atoms with Crippen LogP contribution in [0.5, 0.6) is 0 Å². The van der Waals surface area contributed by atoms with E-state index in [9.17, 15) is 4.79 Å². The molecular formula is C16H25N3O. The Morgan fingerprint density at radius 3 is 2.75 bits per heavy atom. The van der Waals surface area contributed by atoms with Crippen molar-refractivity contribution in [3.8, 4) is 0 Å². The molecule has 4 heteroatoms. The average Bonchev–Trinajstić information content (AvgIpc) is 3.28. The molecule has 0 radical (unpaired) electrons. The lowest BCUT2D eigenvalue weighted by Crippen LogP contribution is -2.35. The third-order valence-electron chi connectivity index (χ3n) is 3.72. The molecule has 1 aliphatic carbocycles. The maximum Gasteiger partial charge on any atom is 0.270 e. The molecule has 1 saturated carbocycles. The van der Waals surface area contributed by atoms with Crippen LogP contribution in [0.3, 0.4) is 0 Å². The number of amides is 1. The second kappa shape index (κ2) is 7.27. The molecule has 2 rings (SSSR count). The van der Waals surface area contributed by atoms with Gasteiger partial charge < -0.3 is 10.6 Å². The Morgan fingerprint density at radius 1 is 1.40 bits per heavy atom. The molecule has 1 aromatic rings. The molecule has 1 heterocycles. The summed E-state index contributed by atoms with van der Waals surface area (Å²) in [7, 11) is 0. The number of hydrogen-bond donors (Lipinski definition) is 2. The van der Waals surface area contributed by atoms with E-state index in [0.29, 0.717) is 5.69 Å². The Hall–Kier alpha value is -1.58. The van der Waals surface area contributed by atoms with Gasteiger partial charge in [-0.3, -0.25) is 4.79 Å². The largest absolute Gasteiger partial charge is 0.384 e. The van der Waals surface area contributed by atoms with E-state index < -0.39 is 0 Å². The number of carbonyl (C=O) groups excluding carboxylic acids is 1. The predicted octanol–water partition coefficient (Wildman–Crippen LogP) is 3.21. The van der Waals surface area contributed by atoms with E-state index in [0.717, 1.165) is 37.4 Å². The lowest BCUT2D eigenvalue weighted by Gasteiger charge is -2.16. The maximum atomic E-state index is 12.1. The van der Waals surface area contributed by atoms with Gasteiger partial charge in [0.05, 0.1) is 11.9 Å². The van der Waals surface area contributed by atoms with Crippen LogP contribution >= 0.6 is 0 Å². The van der Waals surface area contributed by atoms with Gasteiger partial charge >= 0.3 is 0 Å². The van der Waals surface area contributed by atoms with Crippen LogP contribution in [0.2, 0.25) is 0 Å². The van der Waals surface area contributed by atoms with Crippen molar-refractivity contribution in [3.05, 3.63) is 24.0 Å². The summed E-state index contributed by atoms with van der Waals surface area (Å²) in [5.41, 5.74) is 1.47. The highest BCUT2D eigenvalue weighted by Gasteiger charge is 2.25. The van der Waals surface area contributed by atoms with Crippen molar-refractivity contribution >= 4 is 11.6 Å². The monoisotopic (exact) mass is 275 g/mol. The van der Waals surface area contributed by atoms with Crippen molar-refractivity contribution in [2.24, 2.45) is 5.92 Å². The molecule has 0 spiro atoms. The fourth-order valence-electron chi connectivity index (χ4n) is 2.25. The van der Waals surface area contributed by atoms with Gasteiger partial charge in [0.2, 0.25) is 0 Å². The molecule has 1 atom stereocenters. The maximum absolute atomic E-state index is 12.1. The van der Waals surface area contributed by atoms with Gasteiger partial charge in [0, 0.05) is 12.6 Å². The number of aromatic nitrogens is 1. The molecule has 0 aromatic carbocycles. The first-order chi connectivity index (χ1) is 9.72. The van der Waals surface area contributed by atoms with Crippen molar-refractivity contribution in [3.63, 3.8) is 0 Å². The van der Waals surface area contributed by atoms with E-state index in [4.69, 9.17) is 0 Å². The average molecular weight is 275 g/mol. The number of hydrogen-bond acceptors (Lipinski definition) is 3. The van der Waals surface area contributed by atoms with Gasteiger partial charge in [-0.2, -0.15) is 0 Å². The molecule has 1 aliphatic rings. The topological polar surface area (TPSA) is 54.0 Å². The second-order valence-corrected chi connectivity index (χ2v) is 5.62. The van der Waals surface area contributed by atoms with Gasteiger partial charge in [0.15, 0.2) is 0 Å². The molecule has 0 bridgehead atoms. The SMILES string of the molecule is CCCNc1ccc(C(=O)NC(CC)CC2CC2)nc1. The molecule has 1 aromatic heterocycles. The third kappa shape index (κ3) is 4.51. The summed E-state index contributed by atoms with van der Waals surface area (Å²) in [4.78, 5) is 16.4. The van der Waals surface area contributed by atoms with E-state index >= 15 is 0 Å². The van der Waals surface area contributed by atoms with E-state index in [-0.39, 0.29) is 11.9 Å². The van der Waals surface area contributed by atoms with Crippen molar-refractivity contribution in [1.29, 1.82) is 0 Å². The van der Waals surface area contributed by atoms with Crippen LogP contribution in [-0.2, 0) is 0 Å². The van der Waals surface area contributed by atoms with Gasteiger partial charge in [0.25, 0.3) is 5.91 Å². The predicted molar refractivity (Wildman–Crippen MR) is 81.9 cm³/mol. The van der Waals surface area contributed by atoms with Crippen LogP contribution < -0.4 is 10.6 Å². The molecule has 1 amide bonds. The van der Waals surface area contributed by atoms with Gasteiger partial charge in [0.1, 0.15) is 5.69 Å². The number of nitrogens with zero attached hydrogens (tertiary/aromatic N) is 1. The molecule has 110 valence electrons. The normalized spacial score (nSPS) is 15.7. The minimum Gasteiger partial charge on any atom is -0.384 e. The molecule has 2 N–H and O–H groups in total. The van der Waals surface area contributed by atoms with Gasteiger partial charge in [-0.05, 0) is 37.3 Å². The summed E-state index contributed by atoms with van der Waals surface area (Å²) in [5.74, 6) is 0.772. The molecule has 0 aliphatic heterocycles. The van der Waals surface area contributed by atoms with E-state index in [1.807, 2.05) is 6.07 Å². The molecule has 20 heavy (non-hydrogen) atoms. The highest BCUT2D eigenvalue weighted by Crippen LogP contribution is 2.34. The molecule has 0 saturated heterocycles. The van der Waals surface area contributed by atoms with Gasteiger partial charge in [-0.15, -0.1) is 0 Å². The lowest BCUT2D eigenvalue weighted by molar-refractivity contribution is 0.0927. The Morgan fingerprint density at radius 2 is 2.20 bits per heavy atom. The zero-order chi connectivity index (χ0) is 14.4. The van der Waals surface area contributed by atoms with Crippen LogP contribution in [0.25, 0.3) is 0 Å². The smallest absolute Gasteiger partial charge is 0.270 e. The third-order valence-corrected chi connectivity index (χ3v) is 3.72. The Kier molecular flexibility index (Phi) is 5.39. The first kappa shape index (κ1) is 14.8. The van der Waals surface area contributed by atoms with Crippen molar-refractivity contribution < 1.29 is 4.79 Å². The molecule has 1 unspecified atom stereocenters. The highest BCUT2D eigenvalue weighted by molar-refractivity contribution is 5.92. The number of carbonyl (C=O) groups is 1. The summed E-state index contributed by atoms with van der Waals surface area (Å²) in [5, 5.41) is 6.35. The second-order valence-electron chi connectivity index (χ2n) is 5.62. The first-order valence-corrected chi connectivity index (χ1v) is 7.73. The zero-order valence-corrected chi connectivity index (χ0v) is 12.5. The zero-order valence-electron chi connectivity index (χ0n) is 12.5. The minimum atomic E-state index is -0.0560. The Labute approximate surface area is 121 Å². The van der Waals surface area contributed by atoms with Crippen LogP contribution in [0.1, 0.15) is 56.4 Å². The summed E-state index contributed by atoms with van der Waals surface area (Å²) >= 11 is 0. The van der Waals surface area contributed by atoms with Crippen LogP contribution in [0.15, 0.2) is 18.3 Å². The van der Waals surface area contributed by atoms with Crippen LogP contribution in [-0.4, -0.2) is 23.5 Å². The fraction of sp³-hybridized carbons (Fsp3) is 0.625. The van der Waals surface area contributed by atoms with Crippen LogP contribution in [0, 0.1) is 5.92 Å². The summed E-state index contributed by atoms with van der Waals surface area (Å²) < 4.78 is 0. The first-order valence-electron chi connectivity index (χ1n) is 7.73. The Bertz CT molecular complexity index is 426. The summed E-state index contributed by atoms with van der Waals surface area (Å²) in [6.45, 7) is 5.16.